The van der Waals surface area contributed by atoms with Crippen LogP contribution in [0.25, 0.3) is 0 Å². The molecule has 2 aliphatic heterocycles. The molecule has 0 spiro atoms. The Balaban J connectivity index is 1.76. The first-order valence-electron chi connectivity index (χ1n) is 7.36. The normalized spacial score (nSPS) is 29.6. The first kappa shape index (κ1) is 12.7. The van der Waals surface area contributed by atoms with Gasteiger partial charge in [0.25, 0.3) is 0 Å². The SMILES string of the molecule is CCOc1ccc(N2C3CCC2CC(NC)C3)cn1. The summed E-state index contributed by atoms with van der Waals surface area (Å²) in [6, 6.07) is 6.18. The first-order valence-corrected chi connectivity index (χ1v) is 7.36. The molecule has 0 amide bonds. The molecule has 4 nitrogen and oxygen atoms in total. The lowest BCUT2D eigenvalue weighted by Crippen LogP contribution is -2.48. The molecule has 1 aromatic rings. The van der Waals surface area contributed by atoms with E-state index < -0.39 is 0 Å². The van der Waals surface area contributed by atoms with Crippen molar-refractivity contribution in [2.45, 2.75) is 50.7 Å². The van der Waals surface area contributed by atoms with E-state index in [9.17, 15) is 0 Å². The van der Waals surface area contributed by atoms with Gasteiger partial charge in [-0.1, -0.05) is 0 Å². The molecule has 2 fully saturated rings. The Kier molecular flexibility index (Phi) is 3.60. The van der Waals surface area contributed by atoms with Crippen LogP contribution in [-0.4, -0.2) is 36.8 Å². The van der Waals surface area contributed by atoms with Gasteiger partial charge >= 0.3 is 0 Å². The third-order valence-corrected chi connectivity index (χ3v) is 4.45. The van der Waals surface area contributed by atoms with E-state index in [0.29, 0.717) is 24.7 Å². The van der Waals surface area contributed by atoms with Gasteiger partial charge in [-0.05, 0) is 45.7 Å². The van der Waals surface area contributed by atoms with Crippen LogP contribution in [0.15, 0.2) is 18.3 Å². The average Bonchev–Trinajstić information content (AvgIpc) is 2.70. The lowest BCUT2D eigenvalue weighted by Gasteiger charge is -2.40. The van der Waals surface area contributed by atoms with Crippen LogP contribution >= 0.6 is 0 Å². The van der Waals surface area contributed by atoms with Crippen molar-refractivity contribution in [3.05, 3.63) is 18.3 Å². The number of nitrogens with one attached hydrogen (secondary N) is 1. The Morgan fingerprint density at radius 1 is 1.32 bits per heavy atom. The number of ether oxygens (including phenoxy) is 1. The number of hydrogen-bond donors (Lipinski definition) is 1. The maximum absolute atomic E-state index is 5.41. The Bertz CT molecular complexity index is 406. The molecule has 0 saturated carbocycles. The van der Waals surface area contributed by atoms with E-state index in [-0.39, 0.29) is 0 Å². The van der Waals surface area contributed by atoms with E-state index in [1.807, 2.05) is 19.2 Å². The largest absolute Gasteiger partial charge is 0.478 e. The van der Waals surface area contributed by atoms with Crippen molar-refractivity contribution >= 4 is 5.69 Å². The van der Waals surface area contributed by atoms with Gasteiger partial charge in [-0.2, -0.15) is 0 Å². The third kappa shape index (κ3) is 2.41. The van der Waals surface area contributed by atoms with Gasteiger partial charge in [0.2, 0.25) is 5.88 Å². The Morgan fingerprint density at radius 2 is 2.05 bits per heavy atom. The van der Waals surface area contributed by atoms with Gasteiger partial charge < -0.3 is 15.0 Å². The summed E-state index contributed by atoms with van der Waals surface area (Å²) in [4.78, 5) is 6.98. The number of nitrogens with zero attached hydrogens (tertiary/aromatic N) is 2. The zero-order chi connectivity index (χ0) is 13.2. The summed E-state index contributed by atoms with van der Waals surface area (Å²) in [6.45, 7) is 2.66. The summed E-state index contributed by atoms with van der Waals surface area (Å²) >= 11 is 0. The fourth-order valence-electron chi connectivity index (χ4n) is 3.59. The topological polar surface area (TPSA) is 37.4 Å². The quantitative estimate of drug-likeness (QED) is 0.901. The van der Waals surface area contributed by atoms with Crippen molar-refractivity contribution < 1.29 is 4.74 Å². The third-order valence-electron chi connectivity index (χ3n) is 4.45. The minimum absolute atomic E-state index is 0.672. The molecule has 1 N–H and O–H groups in total. The molecule has 3 rings (SSSR count). The average molecular weight is 261 g/mol. The predicted octanol–water partition coefficient (Wildman–Crippen LogP) is 2.20. The number of hydrogen-bond acceptors (Lipinski definition) is 4. The van der Waals surface area contributed by atoms with Gasteiger partial charge in [0.1, 0.15) is 0 Å². The number of pyridine rings is 1. The van der Waals surface area contributed by atoms with Crippen molar-refractivity contribution in [2.24, 2.45) is 0 Å². The van der Waals surface area contributed by atoms with Crippen molar-refractivity contribution in [3.63, 3.8) is 0 Å². The standard InChI is InChI=1S/C15H23N3O/c1-3-19-15-7-6-14(10-17-15)18-12-4-5-13(18)9-11(8-12)16-2/h6-7,10-13,16H,3-5,8-9H2,1-2H3. The first-order chi connectivity index (χ1) is 9.31. The molecule has 4 heteroatoms. The number of anilines is 1. The van der Waals surface area contributed by atoms with Crippen LogP contribution in [0.5, 0.6) is 5.88 Å². The Labute approximate surface area is 115 Å². The van der Waals surface area contributed by atoms with Crippen LogP contribution in [0, 0.1) is 0 Å². The number of fused-ring (bicyclic) bond motifs is 2. The zero-order valence-corrected chi connectivity index (χ0v) is 11.8. The molecule has 2 saturated heterocycles. The van der Waals surface area contributed by atoms with E-state index in [1.165, 1.54) is 31.4 Å². The van der Waals surface area contributed by atoms with Gasteiger partial charge in [0.05, 0.1) is 18.5 Å². The highest BCUT2D eigenvalue weighted by Gasteiger charge is 2.40. The highest BCUT2D eigenvalue weighted by molar-refractivity contribution is 5.49. The van der Waals surface area contributed by atoms with Crippen LogP contribution in [-0.2, 0) is 0 Å². The van der Waals surface area contributed by atoms with Crippen LogP contribution in [0.4, 0.5) is 5.69 Å². The second-order valence-electron chi connectivity index (χ2n) is 5.54. The van der Waals surface area contributed by atoms with Gasteiger partial charge in [-0.15, -0.1) is 0 Å². The Hall–Kier alpha value is -1.29. The van der Waals surface area contributed by atoms with Crippen molar-refractivity contribution in [1.29, 1.82) is 0 Å². The van der Waals surface area contributed by atoms with Crippen LogP contribution in [0.3, 0.4) is 0 Å². The Morgan fingerprint density at radius 3 is 2.58 bits per heavy atom. The summed E-state index contributed by atoms with van der Waals surface area (Å²) in [5.74, 6) is 0.726. The predicted molar refractivity (Wildman–Crippen MR) is 76.8 cm³/mol. The molecule has 2 bridgehead atoms. The molecular formula is C15H23N3O. The number of rotatable bonds is 4. The van der Waals surface area contributed by atoms with Gasteiger partial charge in [-0.3, -0.25) is 0 Å². The smallest absolute Gasteiger partial charge is 0.213 e. The molecule has 1 aromatic heterocycles. The molecular weight excluding hydrogens is 238 g/mol. The van der Waals surface area contributed by atoms with Crippen LogP contribution in [0.1, 0.15) is 32.6 Å². The molecule has 2 atom stereocenters. The van der Waals surface area contributed by atoms with E-state index in [0.717, 1.165) is 5.88 Å². The number of aromatic nitrogens is 1. The molecule has 0 aliphatic carbocycles. The summed E-state index contributed by atoms with van der Waals surface area (Å²) in [5, 5.41) is 3.44. The van der Waals surface area contributed by atoms with Crippen molar-refractivity contribution in [1.82, 2.24) is 10.3 Å². The highest BCUT2D eigenvalue weighted by Crippen LogP contribution is 2.39. The van der Waals surface area contributed by atoms with E-state index in [4.69, 9.17) is 4.74 Å². The molecule has 2 aliphatic rings. The van der Waals surface area contributed by atoms with Crippen LogP contribution in [0.2, 0.25) is 0 Å². The minimum Gasteiger partial charge on any atom is -0.478 e. The fraction of sp³-hybridized carbons (Fsp3) is 0.667. The highest BCUT2D eigenvalue weighted by atomic mass is 16.5. The van der Waals surface area contributed by atoms with Crippen LogP contribution < -0.4 is 15.0 Å². The lowest BCUT2D eigenvalue weighted by atomic mass is 9.97. The zero-order valence-electron chi connectivity index (χ0n) is 11.8. The summed E-state index contributed by atoms with van der Waals surface area (Å²) in [7, 11) is 2.08. The van der Waals surface area contributed by atoms with Gasteiger partial charge in [0.15, 0.2) is 0 Å². The second-order valence-corrected chi connectivity index (χ2v) is 5.54. The van der Waals surface area contributed by atoms with E-state index >= 15 is 0 Å². The summed E-state index contributed by atoms with van der Waals surface area (Å²) < 4.78 is 5.41. The van der Waals surface area contributed by atoms with E-state index in [2.05, 4.69) is 28.3 Å². The molecule has 3 heterocycles. The fourth-order valence-corrected chi connectivity index (χ4v) is 3.59. The monoisotopic (exact) mass is 261 g/mol. The van der Waals surface area contributed by atoms with Crippen molar-refractivity contribution in [3.8, 4) is 5.88 Å². The van der Waals surface area contributed by atoms with Crippen molar-refractivity contribution in [2.75, 3.05) is 18.6 Å². The minimum atomic E-state index is 0.672. The molecule has 2 unspecified atom stereocenters. The molecule has 0 radical (unpaired) electrons. The second kappa shape index (κ2) is 5.37. The molecule has 104 valence electrons. The number of piperidine rings is 1. The van der Waals surface area contributed by atoms with Gasteiger partial charge in [0, 0.05) is 24.2 Å². The van der Waals surface area contributed by atoms with E-state index in [1.54, 1.807) is 0 Å². The van der Waals surface area contributed by atoms with Gasteiger partial charge in [-0.25, -0.2) is 4.98 Å². The lowest BCUT2D eigenvalue weighted by molar-refractivity contribution is 0.326. The molecule has 0 aromatic carbocycles. The maximum Gasteiger partial charge on any atom is 0.213 e. The summed E-state index contributed by atoms with van der Waals surface area (Å²) in [6.07, 6.45) is 7.10. The molecule has 19 heavy (non-hydrogen) atoms. The summed E-state index contributed by atoms with van der Waals surface area (Å²) in [5.41, 5.74) is 1.26. The maximum atomic E-state index is 5.41.